The maximum Gasteiger partial charge on any atom is 0.0445 e. The van der Waals surface area contributed by atoms with E-state index in [1.54, 1.807) is 0 Å². The largest absolute Gasteiger partial charge is 0.396 e. The fraction of sp³-hybridized carbons (Fsp3) is 1.00. The van der Waals surface area contributed by atoms with Crippen LogP contribution in [0.3, 0.4) is 0 Å². The van der Waals surface area contributed by atoms with Gasteiger partial charge >= 0.3 is 0 Å². The van der Waals surface area contributed by atoms with E-state index in [1.165, 1.54) is 25.7 Å². The van der Waals surface area contributed by atoms with Gasteiger partial charge in [0.05, 0.1) is 0 Å². The third-order valence-corrected chi connectivity index (χ3v) is 3.19. The molecule has 2 atom stereocenters. The molecule has 0 heterocycles. The van der Waals surface area contributed by atoms with Crippen molar-refractivity contribution in [3.05, 3.63) is 0 Å². The van der Waals surface area contributed by atoms with Gasteiger partial charge in [0.1, 0.15) is 0 Å². The number of aliphatic hydroxyl groups excluding tert-OH is 1. The third kappa shape index (κ3) is 7.20. The Hall–Kier alpha value is -0.120. The molecule has 0 saturated carbocycles. The molecule has 0 aliphatic carbocycles. The number of unbranched alkanes of at least 4 members (excludes halogenated alkanes) is 3. The van der Waals surface area contributed by atoms with Gasteiger partial charge < -0.3 is 16.2 Å². The van der Waals surface area contributed by atoms with Crippen molar-refractivity contribution in [1.82, 2.24) is 5.32 Å². The Labute approximate surface area is 101 Å². The zero-order valence-corrected chi connectivity index (χ0v) is 11.3. The molecule has 0 saturated heterocycles. The molecule has 16 heavy (non-hydrogen) atoms. The van der Waals surface area contributed by atoms with Crippen molar-refractivity contribution in [1.29, 1.82) is 0 Å². The maximum absolute atomic E-state index is 8.88. The molecular weight excluding hydrogens is 200 g/mol. The number of rotatable bonds is 10. The van der Waals surface area contributed by atoms with Gasteiger partial charge in [0.15, 0.2) is 0 Å². The molecule has 0 amide bonds. The van der Waals surface area contributed by atoms with E-state index in [9.17, 15) is 0 Å². The Balaban J connectivity index is 3.89. The zero-order valence-electron chi connectivity index (χ0n) is 11.3. The van der Waals surface area contributed by atoms with Crippen molar-refractivity contribution in [2.45, 2.75) is 70.9 Å². The van der Waals surface area contributed by atoms with Crippen LogP contribution < -0.4 is 11.1 Å². The molecule has 0 bridgehead atoms. The summed E-state index contributed by atoms with van der Waals surface area (Å²) in [6.45, 7) is 7.42. The van der Waals surface area contributed by atoms with Crippen molar-refractivity contribution < 1.29 is 5.11 Å². The summed E-state index contributed by atoms with van der Waals surface area (Å²) in [5.41, 5.74) is 5.87. The van der Waals surface area contributed by atoms with Crippen LogP contribution in [0.2, 0.25) is 0 Å². The van der Waals surface area contributed by atoms with Crippen molar-refractivity contribution in [2.24, 2.45) is 5.73 Å². The molecule has 2 unspecified atom stereocenters. The fourth-order valence-electron chi connectivity index (χ4n) is 2.04. The lowest BCUT2D eigenvalue weighted by atomic mass is 9.93. The highest BCUT2D eigenvalue weighted by molar-refractivity contribution is 4.86. The molecular formula is C13H30N2O. The van der Waals surface area contributed by atoms with E-state index in [0.717, 1.165) is 12.8 Å². The quantitative estimate of drug-likeness (QED) is 0.503. The summed E-state index contributed by atoms with van der Waals surface area (Å²) >= 11 is 0. The first-order valence-electron chi connectivity index (χ1n) is 6.66. The minimum atomic E-state index is 0.0301. The minimum absolute atomic E-state index is 0.0301. The Morgan fingerprint density at radius 1 is 1.31 bits per heavy atom. The lowest BCUT2D eigenvalue weighted by molar-refractivity contribution is 0.235. The van der Waals surface area contributed by atoms with Crippen molar-refractivity contribution in [3.63, 3.8) is 0 Å². The SMILES string of the molecule is CCCCCCC(C)(CN)NC(C)CCO. The molecule has 0 aliphatic heterocycles. The third-order valence-electron chi connectivity index (χ3n) is 3.19. The van der Waals surface area contributed by atoms with E-state index >= 15 is 0 Å². The maximum atomic E-state index is 8.88. The van der Waals surface area contributed by atoms with Gasteiger partial charge in [-0.2, -0.15) is 0 Å². The molecule has 0 aliphatic rings. The molecule has 3 heteroatoms. The smallest absolute Gasteiger partial charge is 0.0445 e. The van der Waals surface area contributed by atoms with Crippen LogP contribution in [0.5, 0.6) is 0 Å². The molecule has 4 N–H and O–H groups in total. The second-order valence-corrected chi connectivity index (χ2v) is 5.13. The monoisotopic (exact) mass is 230 g/mol. The van der Waals surface area contributed by atoms with Crippen LogP contribution in [0.25, 0.3) is 0 Å². The second-order valence-electron chi connectivity index (χ2n) is 5.13. The van der Waals surface area contributed by atoms with Gasteiger partial charge in [-0.1, -0.05) is 32.6 Å². The molecule has 0 aromatic heterocycles. The minimum Gasteiger partial charge on any atom is -0.396 e. The van der Waals surface area contributed by atoms with E-state index in [1.807, 2.05) is 0 Å². The van der Waals surface area contributed by atoms with E-state index in [2.05, 4.69) is 26.1 Å². The summed E-state index contributed by atoms with van der Waals surface area (Å²) in [5, 5.41) is 12.4. The first kappa shape index (κ1) is 15.9. The Morgan fingerprint density at radius 2 is 2.00 bits per heavy atom. The Morgan fingerprint density at radius 3 is 2.50 bits per heavy atom. The Bertz CT molecular complexity index is 164. The van der Waals surface area contributed by atoms with Crippen LogP contribution in [0.1, 0.15) is 59.3 Å². The number of hydrogen-bond acceptors (Lipinski definition) is 3. The van der Waals surface area contributed by atoms with Gasteiger partial charge in [0.2, 0.25) is 0 Å². The van der Waals surface area contributed by atoms with Crippen molar-refractivity contribution >= 4 is 0 Å². The molecule has 0 aromatic rings. The standard InChI is InChI=1S/C13H30N2O/c1-4-5-6-7-9-13(3,11-14)15-12(2)8-10-16/h12,15-16H,4-11,14H2,1-3H3. The summed E-state index contributed by atoms with van der Waals surface area (Å²) in [4.78, 5) is 0. The number of aliphatic hydroxyl groups is 1. The summed E-state index contributed by atoms with van der Waals surface area (Å²) in [5.74, 6) is 0. The Kier molecular flexibility index (Phi) is 8.90. The predicted molar refractivity (Wildman–Crippen MR) is 70.5 cm³/mol. The van der Waals surface area contributed by atoms with E-state index in [-0.39, 0.29) is 12.1 Å². The molecule has 0 spiro atoms. The van der Waals surface area contributed by atoms with Crippen molar-refractivity contribution in [2.75, 3.05) is 13.2 Å². The average molecular weight is 230 g/mol. The fourth-order valence-corrected chi connectivity index (χ4v) is 2.04. The van der Waals surface area contributed by atoms with Crippen LogP contribution in [-0.4, -0.2) is 29.8 Å². The van der Waals surface area contributed by atoms with E-state index in [0.29, 0.717) is 12.6 Å². The predicted octanol–water partition coefficient (Wildman–Crippen LogP) is 2.03. The van der Waals surface area contributed by atoms with Crippen LogP contribution >= 0.6 is 0 Å². The topological polar surface area (TPSA) is 58.3 Å². The molecule has 98 valence electrons. The number of nitrogens with two attached hydrogens (primary N) is 1. The average Bonchev–Trinajstić information content (AvgIpc) is 2.25. The summed E-state index contributed by atoms with van der Waals surface area (Å²) in [7, 11) is 0. The van der Waals surface area contributed by atoms with Gasteiger partial charge in [-0.25, -0.2) is 0 Å². The lowest BCUT2D eigenvalue weighted by Gasteiger charge is -2.33. The van der Waals surface area contributed by atoms with Crippen LogP contribution in [0, 0.1) is 0 Å². The normalized spacial score (nSPS) is 17.1. The summed E-state index contributed by atoms with van der Waals surface area (Å²) in [6.07, 6.45) is 7.03. The van der Waals surface area contributed by atoms with E-state index < -0.39 is 0 Å². The van der Waals surface area contributed by atoms with Gasteiger partial charge in [0, 0.05) is 24.7 Å². The molecule has 0 rings (SSSR count). The molecule has 3 nitrogen and oxygen atoms in total. The highest BCUT2D eigenvalue weighted by Crippen LogP contribution is 2.15. The van der Waals surface area contributed by atoms with Gasteiger partial charge in [0.25, 0.3) is 0 Å². The van der Waals surface area contributed by atoms with Crippen LogP contribution in [0.4, 0.5) is 0 Å². The van der Waals surface area contributed by atoms with Crippen LogP contribution in [0.15, 0.2) is 0 Å². The number of nitrogens with one attached hydrogen (secondary N) is 1. The van der Waals surface area contributed by atoms with Gasteiger partial charge in [-0.3, -0.25) is 0 Å². The number of hydrogen-bond donors (Lipinski definition) is 3. The molecule has 0 aromatic carbocycles. The lowest BCUT2D eigenvalue weighted by Crippen LogP contribution is -2.52. The summed E-state index contributed by atoms with van der Waals surface area (Å²) < 4.78 is 0. The molecule has 0 fully saturated rings. The van der Waals surface area contributed by atoms with Gasteiger partial charge in [-0.05, 0) is 26.7 Å². The highest BCUT2D eigenvalue weighted by atomic mass is 16.3. The van der Waals surface area contributed by atoms with E-state index in [4.69, 9.17) is 10.8 Å². The summed E-state index contributed by atoms with van der Waals surface area (Å²) in [6, 6.07) is 0.338. The first-order valence-corrected chi connectivity index (χ1v) is 6.66. The second kappa shape index (κ2) is 8.97. The highest BCUT2D eigenvalue weighted by Gasteiger charge is 2.23. The van der Waals surface area contributed by atoms with Crippen LogP contribution in [-0.2, 0) is 0 Å². The first-order chi connectivity index (χ1) is 7.58. The van der Waals surface area contributed by atoms with Crippen molar-refractivity contribution in [3.8, 4) is 0 Å². The van der Waals surface area contributed by atoms with Gasteiger partial charge in [-0.15, -0.1) is 0 Å². The molecule has 0 radical (unpaired) electrons. The zero-order chi connectivity index (χ0) is 12.4.